The van der Waals surface area contributed by atoms with Gasteiger partial charge in [-0.2, -0.15) is 0 Å². The first-order valence-electron chi connectivity index (χ1n) is 10.3. The van der Waals surface area contributed by atoms with Crippen molar-refractivity contribution in [2.24, 2.45) is 0 Å². The lowest BCUT2D eigenvalue weighted by molar-refractivity contribution is -0.222. The number of aliphatic hydroxyl groups is 2. The zero-order chi connectivity index (χ0) is 22.4. The third kappa shape index (κ3) is 5.35. The van der Waals surface area contributed by atoms with Crippen molar-refractivity contribution in [1.82, 2.24) is 0 Å². The van der Waals surface area contributed by atoms with Gasteiger partial charge in [-0.25, -0.2) is 0 Å². The summed E-state index contributed by atoms with van der Waals surface area (Å²) in [7, 11) is 0. The van der Waals surface area contributed by atoms with Crippen LogP contribution in [0, 0.1) is 0 Å². The number of Topliss-reactive ketones (excluding diaryl/α,β-unsaturated/α-hetero) is 1. The first-order valence-corrected chi connectivity index (χ1v) is 10.3. The Kier molecular flexibility index (Phi) is 7.56. The largest absolute Gasteiger partial charge is 0.480 e. The number of ketones is 1. The van der Waals surface area contributed by atoms with E-state index in [-0.39, 0.29) is 29.6 Å². The molecular weight excluding hydrogens is 380 g/mol. The van der Waals surface area contributed by atoms with Crippen LogP contribution in [0.3, 0.4) is 0 Å². The van der Waals surface area contributed by atoms with Crippen molar-refractivity contribution in [2.45, 2.75) is 69.5 Å². The summed E-state index contributed by atoms with van der Waals surface area (Å²) in [4.78, 5) is 24.3. The minimum absolute atomic E-state index is 0.0611. The summed E-state index contributed by atoms with van der Waals surface area (Å²) in [5, 5.41) is 31.0. The van der Waals surface area contributed by atoms with E-state index < -0.39 is 17.2 Å². The second-order valence-corrected chi connectivity index (χ2v) is 8.75. The first kappa shape index (κ1) is 23.8. The number of aliphatic carboxylic acids is 1. The molecule has 0 bridgehead atoms. The van der Waals surface area contributed by atoms with Crippen LogP contribution in [0.25, 0.3) is 0 Å². The number of hydrogen-bond acceptors (Lipinski definition) is 4. The van der Waals surface area contributed by atoms with E-state index in [2.05, 4.69) is 26.0 Å². The van der Waals surface area contributed by atoms with Crippen LogP contribution in [0.15, 0.2) is 60.7 Å². The van der Waals surface area contributed by atoms with Gasteiger partial charge in [0.1, 0.15) is 11.2 Å². The lowest BCUT2D eigenvalue weighted by Gasteiger charge is -2.38. The fraction of sp³-hybridized carbons (Fsp3) is 0.440. The summed E-state index contributed by atoms with van der Waals surface area (Å²) in [5.41, 5.74) is -0.514. The SMILES string of the molecule is CC(C)(CCCC(=O)CCC(O)(O)C(C)(C(=O)O)c1ccccc1)c1ccccc1. The third-order valence-electron chi connectivity index (χ3n) is 6.14. The molecule has 0 spiro atoms. The summed E-state index contributed by atoms with van der Waals surface area (Å²) in [6, 6.07) is 18.2. The zero-order valence-electron chi connectivity index (χ0n) is 18.0. The molecule has 0 radical (unpaired) electrons. The third-order valence-corrected chi connectivity index (χ3v) is 6.14. The maximum atomic E-state index is 12.4. The maximum Gasteiger partial charge on any atom is 0.319 e. The van der Waals surface area contributed by atoms with Crippen LogP contribution in [0.4, 0.5) is 0 Å². The van der Waals surface area contributed by atoms with E-state index >= 15 is 0 Å². The minimum Gasteiger partial charge on any atom is -0.480 e. The molecule has 5 nitrogen and oxygen atoms in total. The Morgan fingerprint density at radius 1 is 0.767 bits per heavy atom. The molecule has 0 amide bonds. The molecular formula is C25H32O5. The number of carboxylic acids is 1. The fourth-order valence-electron chi connectivity index (χ4n) is 3.75. The number of rotatable bonds is 11. The van der Waals surface area contributed by atoms with Crippen LogP contribution in [0.2, 0.25) is 0 Å². The highest BCUT2D eigenvalue weighted by molar-refractivity contribution is 5.83. The van der Waals surface area contributed by atoms with Gasteiger partial charge in [-0.3, -0.25) is 9.59 Å². The Bertz CT molecular complexity index is 842. The Labute approximate surface area is 178 Å². The molecule has 3 N–H and O–H groups in total. The van der Waals surface area contributed by atoms with Gasteiger partial charge in [-0.1, -0.05) is 74.5 Å². The van der Waals surface area contributed by atoms with Gasteiger partial charge < -0.3 is 15.3 Å². The summed E-state index contributed by atoms with van der Waals surface area (Å²) in [6.45, 7) is 5.55. The van der Waals surface area contributed by atoms with E-state index in [0.717, 1.165) is 6.42 Å². The van der Waals surface area contributed by atoms with Gasteiger partial charge in [0.25, 0.3) is 0 Å². The predicted molar refractivity (Wildman–Crippen MR) is 116 cm³/mol. The monoisotopic (exact) mass is 412 g/mol. The van der Waals surface area contributed by atoms with Gasteiger partial charge in [0.15, 0.2) is 5.79 Å². The highest BCUT2D eigenvalue weighted by Gasteiger charge is 2.53. The molecule has 2 rings (SSSR count). The van der Waals surface area contributed by atoms with E-state index in [0.29, 0.717) is 12.8 Å². The van der Waals surface area contributed by atoms with Gasteiger partial charge in [0.2, 0.25) is 0 Å². The van der Waals surface area contributed by atoms with E-state index in [1.54, 1.807) is 30.3 Å². The van der Waals surface area contributed by atoms with Crippen LogP contribution in [-0.4, -0.2) is 32.9 Å². The van der Waals surface area contributed by atoms with Crippen LogP contribution in [0.1, 0.15) is 64.0 Å². The van der Waals surface area contributed by atoms with Gasteiger partial charge in [0, 0.05) is 19.3 Å². The van der Waals surface area contributed by atoms with Crippen LogP contribution < -0.4 is 0 Å². The maximum absolute atomic E-state index is 12.4. The summed E-state index contributed by atoms with van der Waals surface area (Å²) in [6.07, 6.45) is 1.39. The van der Waals surface area contributed by atoms with Crippen molar-refractivity contribution in [3.63, 3.8) is 0 Å². The van der Waals surface area contributed by atoms with Crippen molar-refractivity contribution in [1.29, 1.82) is 0 Å². The first-order chi connectivity index (χ1) is 14.0. The number of benzene rings is 2. The molecule has 2 aromatic rings. The molecule has 1 unspecified atom stereocenters. The average molecular weight is 413 g/mol. The van der Waals surface area contributed by atoms with E-state index in [4.69, 9.17) is 0 Å². The van der Waals surface area contributed by atoms with Crippen molar-refractivity contribution < 1.29 is 24.9 Å². The zero-order valence-corrected chi connectivity index (χ0v) is 18.0. The van der Waals surface area contributed by atoms with E-state index in [1.807, 2.05) is 18.2 Å². The van der Waals surface area contributed by atoms with Crippen LogP contribution in [0.5, 0.6) is 0 Å². The molecule has 0 aromatic heterocycles. The minimum atomic E-state index is -2.56. The van der Waals surface area contributed by atoms with Crippen LogP contribution >= 0.6 is 0 Å². The number of carbonyl (C=O) groups is 2. The summed E-state index contributed by atoms with van der Waals surface area (Å²) < 4.78 is 0. The predicted octanol–water partition coefficient (Wildman–Crippen LogP) is 4.21. The van der Waals surface area contributed by atoms with Crippen molar-refractivity contribution in [3.8, 4) is 0 Å². The van der Waals surface area contributed by atoms with Gasteiger partial charge in [-0.15, -0.1) is 0 Å². The van der Waals surface area contributed by atoms with E-state index in [9.17, 15) is 24.9 Å². The molecule has 162 valence electrons. The highest BCUT2D eigenvalue weighted by atomic mass is 16.5. The number of carboxylic acid groups (broad SMARTS) is 1. The van der Waals surface area contributed by atoms with Gasteiger partial charge >= 0.3 is 5.97 Å². The highest BCUT2D eigenvalue weighted by Crippen LogP contribution is 2.37. The van der Waals surface area contributed by atoms with Crippen molar-refractivity contribution in [2.75, 3.05) is 0 Å². The summed E-state index contributed by atoms with van der Waals surface area (Å²) >= 11 is 0. The lowest BCUT2D eigenvalue weighted by atomic mass is 9.73. The Hall–Kier alpha value is -2.50. The molecule has 0 saturated heterocycles. The van der Waals surface area contributed by atoms with E-state index in [1.165, 1.54) is 12.5 Å². The standard InChI is InChI=1S/C25H32O5/c1-23(2,19-11-6-4-7-12-19)17-10-15-21(26)16-18-25(29,30)24(3,22(27)28)20-13-8-5-9-14-20/h4-9,11-14,29-30H,10,15-18H2,1-3H3,(H,27,28). The summed E-state index contributed by atoms with van der Waals surface area (Å²) in [5.74, 6) is -4.01. The lowest BCUT2D eigenvalue weighted by Crippen LogP contribution is -2.55. The second kappa shape index (κ2) is 9.54. The Morgan fingerprint density at radius 3 is 1.77 bits per heavy atom. The average Bonchev–Trinajstić information content (AvgIpc) is 2.72. The molecule has 0 heterocycles. The Morgan fingerprint density at radius 2 is 1.27 bits per heavy atom. The quantitative estimate of drug-likeness (QED) is 0.481. The molecule has 0 aliphatic rings. The van der Waals surface area contributed by atoms with Gasteiger partial charge in [-0.05, 0) is 36.3 Å². The second-order valence-electron chi connectivity index (χ2n) is 8.75. The molecule has 1 atom stereocenters. The normalized spacial score (nSPS) is 14.2. The van der Waals surface area contributed by atoms with Crippen LogP contribution in [-0.2, 0) is 20.4 Å². The van der Waals surface area contributed by atoms with Gasteiger partial charge in [0.05, 0.1) is 0 Å². The molecule has 0 saturated carbocycles. The molecule has 0 aliphatic heterocycles. The topological polar surface area (TPSA) is 94.8 Å². The molecule has 0 fully saturated rings. The molecule has 0 aliphatic carbocycles. The smallest absolute Gasteiger partial charge is 0.319 e. The number of hydrogen-bond donors (Lipinski definition) is 3. The molecule has 2 aromatic carbocycles. The van der Waals surface area contributed by atoms with Crippen molar-refractivity contribution >= 4 is 11.8 Å². The fourth-order valence-corrected chi connectivity index (χ4v) is 3.75. The molecule has 5 heteroatoms. The molecule has 30 heavy (non-hydrogen) atoms. The van der Waals surface area contributed by atoms with Crippen molar-refractivity contribution in [3.05, 3.63) is 71.8 Å². The number of carbonyl (C=O) groups excluding carboxylic acids is 1. The Balaban J connectivity index is 1.95.